The highest BCUT2D eigenvalue weighted by atomic mass is 32.1. The van der Waals surface area contributed by atoms with E-state index < -0.39 is 0 Å². The Morgan fingerprint density at radius 3 is 2.39 bits per heavy atom. The van der Waals surface area contributed by atoms with Gasteiger partial charge in [-0.25, -0.2) is 15.0 Å². The molecule has 0 fully saturated rings. The zero-order chi connectivity index (χ0) is 21.5. The molecule has 7 nitrogen and oxygen atoms in total. The Morgan fingerprint density at radius 2 is 1.68 bits per heavy atom. The monoisotopic (exact) mass is 430 g/mol. The molecule has 1 aromatic carbocycles. The van der Waals surface area contributed by atoms with Crippen LogP contribution in [0, 0.1) is 6.92 Å². The Hall–Kier alpha value is -3.78. The zero-order valence-corrected chi connectivity index (χ0v) is 17.8. The van der Waals surface area contributed by atoms with E-state index in [0.29, 0.717) is 23.9 Å². The number of benzene rings is 1. The van der Waals surface area contributed by atoms with Crippen LogP contribution in [0.15, 0.2) is 72.5 Å². The summed E-state index contributed by atoms with van der Waals surface area (Å²) in [5.41, 5.74) is 2.87. The van der Waals surface area contributed by atoms with E-state index in [1.54, 1.807) is 23.6 Å². The van der Waals surface area contributed by atoms with Crippen molar-refractivity contribution in [3.05, 3.63) is 82.9 Å². The molecule has 0 aliphatic carbocycles. The van der Waals surface area contributed by atoms with E-state index in [-0.39, 0.29) is 5.91 Å². The van der Waals surface area contributed by atoms with Crippen molar-refractivity contribution in [2.75, 3.05) is 16.0 Å². The van der Waals surface area contributed by atoms with E-state index in [4.69, 9.17) is 0 Å². The number of hydrogen-bond acceptors (Lipinski definition) is 7. The number of aromatic nitrogens is 3. The molecule has 0 spiro atoms. The second kappa shape index (κ2) is 9.82. The van der Waals surface area contributed by atoms with Crippen molar-refractivity contribution in [1.29, 1.82) is 0 Å². The van der Waals surface area contributed by atoms with Crippen LogP contribution in [0.3, 0.4) is 0 Å². The average molecular weight is 431 g/mol. The van der Waals surface area contributed by atoms with Crippen LogP contribution in [0.1, 0.15) is 16.9 Å². The van der Waals surface area contributed by atoms with Crippen LogP contribution < -0.4 is 16.0 Å². The first-order valence-electron chi connectivity index (χ1n) is 9.86. The van der Waals surface area contributed by atoms with Gasteiger partial charge in [-0.1, -0.05) is 6.07 Å². The minimum absolute atomic E-state index is 0.00884. The lowest BCUT2D eigenvalue weighted by atomic mass is 10.2. The highest BCUT2D eigenvalue weighted by Crippen LogP contribution is 2.21. The summed E-state index contributed by atoms with van der Waals surface area (Å²) >= 11 is 1.70. The molecule has 0 radical (unpaired) electrons. The van der Waals surface area contributed by atoms with Crippen LogP contribution in [0.25, 0.3) is 0 Å². The molecular formula is C23H22N6OS. The quantitative estimate of drug-likeness (QED) is 0.351. The minimum atomic E-state index is 0.00884. The number of nitrogens with zero attached hydrogens (tertiary/aromatic N) is 3. The minimum Gasteiger partial charge on any atom is -0.340 e. The standard InChI is InChI=1S/C23H22N6OS/c1-16-11-13-31-19(16)9-10-23(30)28-18-7-5-17(6-8-18)27-21-14-22(26-15-25-21)29-20-4-2-3-12-24-20/h2-8,11-15H,9-10H2,1H3,(H,28,30)(H2,24,25,26,27,29). The summed E-state index contributed by atoms with van der Waals surface area (Å²) < 4.78 is 0. The molecule has 0 bridgehead atoms. The van der Waals surface area contributed by atoms with Crippen LogP contribution in [0.2, 0.25) is 0 Å². The van der Waals surface area contributed by atoms with E-state index in [0.717, 1.165) is 17.8 Å². The van der Waals surface area contributed by atoms with Crippen molar-refractivity contribution < 1.29 is 4.79 Å². The number of rotatable bonds is 8. The molecule has 0 aliphatic heterocycles. The summed E-state index contributed by atoms with van der Waals surface area (Å²) in [6.45, 7) is 2.07. The van der Waals surface area contributed by atoms with Gasteiger partial charge in [0, 0.05) is 34.9 Å². The second-order valence-electron chi connectivity index (χ2n) is 6.91. The molecule has 0 saturated heterocycles. The maximum Gasteiger partial charge on any atom is 0.224 e. The third-order valence-electron chi connectivity index (χ3n) is 4.58. The lowest BCUT2D eigenvalue weighted by Gasteiger charge is -2.09. The van der Waals surface area contributed by atoms with Crippen molar-refractivity contribution in [1.82, 2.24) is 15.0 Å². The molecule has 4 rings (SSSR count). The predicted octanol–water partition coefficient (Wildman–Crippen LogP) is 5.30. The Morgan fingerprint density at radius 1 is 0.903 bits per heavy atom. The van der Waals surface area contributed by atoms with Gasteiger partial charge in [-0.2, -0.15) is 0 Å². The summed E-state index contributed by atoms with van der Waals surface area (Å²) in [5, 5.41) is 11.4. The largest absolute Gasteiger partial charge is 0.340 e. The third-order valence-corrected chi connectivity index (χ3v) is 5.66. The van der Waals surface area contributed by atoms with Gasteiger partial charge in [-0.05, 0) is 66.8 Å². The van der Waals surface area contributed by atoms with Crippen LogP contribution in [0.5, 0.6) is 0 Å². The number of hydrogen-bond donors (Lipinski definition) is 3. The van der Waals surface area contributed by atoms with Gasteiger partial charge in [0.05, 0.1) is 0 Å². The number of thiophene rings is 1. The van der Waals surface area contributed by atoms with E-state index in [1.165, 1.54) is 16.8 Å². The summed E-state index contributed by atoms with van der Waals surface area (Å²) in [6.07, 6.45) is 4.43. The van der Waals surface area contributed by atoms with Gasteiger partial charge in [0.2, 0.25) is 5.91 Å². The molecule has 8 heteroatoms. The van der Waals surface area contributed by atoms with Crippen molar-refractivity contribution >= 4 is 46.1 Å². The van der Waals surface area contributed by atoms with Crippen LogP contribution >= 0.6 is 11.3 Å². The third kappa shape index (κ3) is 5.86. The van der Waals surface area contributed by atoms with E-state index in [9.17, 15) is 4.79 Å². The first kappa shape index (κ1) is 20.5. The number of pyridine rings is 1. The van der Waals surface area contributed by atoms with Crippen molar-refractivity contribution in [2.45, 2.75) is 19.8 Å². The van der Waals surface area contributed by atoms with E-state index in [2.05, 4.69) is 49.3 Å². The number of anilines is 5. The van der Waals surface area contributed by atoms with Gasteiger partial charge in [-0.3, -0.25) is 4.79 Å². The first-order valence-corrected chi connectivity index (χ1v) is 10.7. The number of carbonyl (C=O) groups is 1. The van der Waals surface area contributed by atoms with Gasteiger partial charge in [0.25, 0.3) is 0 Å². The number of carbonyl (C=O) groups excluding carboxylic acids is 1. The lowest BCUT2D eigenvalue weighted by Crippen LogP contribution is -2.12. The molecule has 1 amide bonds. The average Bonchev–Trinajstić information content (AvgIpc) is 3.19. The molecule has 0 atom stereocenters. The van der Waals surface area contributed by atoms with Crippen LogP contribution in [-0.2, 0) is 11.2 Å². The van der Waals surface area contributed by atoms with Crippen molar-refractivity contribution in [3.63, 3.8) is 0 Å². The van der Waals surface area contributed by atoms with E-state index >= 15 is 0 Å². The summed E-state index contributed by atoms with van der Waals surface area (Å²) in [7, 11) is 0. The van der Waals surface area contributed by atoms with Gasteiger partial charge >= 0.3 is 0 Å². The molecule has 4 aromatic rings. The number of nitrogens with one attached hydrogen (secondary N) is 3. The number of aryl methyl sites for hydroxylation is 2. The molecule has 0 saturated carbocycles. The second-order valence-corrected chi connectivity index (χ2v) is 7.91. The Balaban J connectivity index is 1.31. The smallest absolute Gasteiger partial charge is 0.224 e. The van der Waals surface area contributed by atoms with Gasteiger partial charge in [0.15, 0.2) is 0 Å². The molecule has 3 heterocycles. The summed E-state index contributed by atoms with van der Waals surface area (Å²) in [4.78, 5) is 26.2. The van der Waals surface area contributed by atoms with Crippen molar-refractivity contribution in [2.24, 2.45) is 0 Å². The Bertz CT molecular complexity index is 1140. The number of amides is 1. The highest BCUT2D eigenvalue weighted by Gasteiger charge is 2.07. The predicted molar refractivity (Wildman–Crippen MR) is 125 cm³/mol. The first-order chi connectivity index (χ1) is 15.2. The van der Waals surface area contributed by atoms with Crippen LogP contribution in [0.4, 0.5) is 28.8 Å². The molecule has 3 N–H and O–H groups in total. The van der Waals surface area contributed by atoms with E-state index in [1.807, 2.05) is 42.5 Å². The normalized spacial score (nSPS) is 10.5. The maximum absolute atomic E-state index is 12.2. The highest BCUT2D eigenvalue weighted by molar-refractivity contribution is 7.10. The van der Waals surface area contributed by atoms with Crippen LogP contribution in [-0.4, -0.2) is 20.9 Å². The van der Waals surface area contributed by atoms with Gasteiger partial charge in [0.1, 0.15) is 23.8 Å². The summed E-state index contributed by atoms with van der Waals surface area (Å²) in [6, 6.07) is 17.0. The fraction of sp³-hybridized carbons (Fsp3) is 0.130. The molecule has 3 aromatic heterocycles. The summed E-state index contributed by atoms with van der Waals surface area (Å²) in [5.74, 6) is 2.01. The SMILES string of the molecule is Cc1ccsc1CCC(=O)Nc1ccc(Nc2cc(Nc3ccccn3)ncn2)cc1. The molecular weight excluding hydrogens is 408 g/mol. The molecule has 0 unspecified atom stereocenters. The molecule has 0 aliphatic rings. The fourth-order valence-corrected chi connectivity index (χ4v) is 3.87. The maximum atomic E-state index is 12.2. The Kier molecular flexibility index (Phi) is 6.49. The van der Waals surface area contributed by atoms with Gasteiger partial charge < -0.3 is 16.0 Å². The Labute approximate surface area is 184 Å². The lowest BCUT2D eigenvalue weighted by molar-refractivity contribution is -0.116. The van der Waals surface area contributed by atoms with Crippen molar-refractivity contribution in [3.8, 4) is 0 Å². The molecule has 156 valence electrons. The zero-order valence-electron chi connectivity index (χ0n) is 17.0. The fourth-order valence-electron chi connectivity index (χ4n) is 2.96. The topological polar surface area (TPSA) is 91.8 Å². The van der Waals surface area contributed by atoms with Gasteiger partial charge in [-0.15, -0.1) is 11.3 Å². The molecule has 31 heavy (non-hydrogen) atoms.